The smallest absolute Gasteiger partial charge is 0.319 e. The third-order valence-corrected chi connectivity index (χ3v) is 8.60. The zero-order chi connectivity index (χ0) is 30.0. The highest BCUT2D eigenvalue weighted by Gasteiger charge is 2.61. The molecule has 7 rings (SSSR count). The number of ether oxygens (including phenoxy) is 3. The Kier molecular flexibility index (Phi) is 6.01. The van der Waals surface area contributed by atoms with Crippen molar-refractivity contribution < 1.29 is 33.5 Å². The molecule has 0 spiro atoms. The van der Waals surface area contributed by atoms with Crippen LogP contribution in [0.3, 0.4) is 0 Å². The second kappa shape index (κ2) is 9.80. The molecule has 10 nitrogen and oxygen atoms in total. The molecular formula is C33H24N2O8. The summed E-state index contributed by atoms with van der Waals surface area (Å²) in [4.78, 5) is 54.5. The first-order valence-electron chi connectivity index (χ1n) is 13.6. The monoisotopic (exact) mass is 576 g/mol. The molecule has 214 valence electrons. The lowest BCUT2D eigenvalue weighted by molar-refractivity contribution is -0.384. The van der Waals surface area contributed by atoms with Gasteiger partial charge in [0.2, 0.25) is 11.8 Å². The maximum atomic E-state index is 14.3. The van der Waals surface area contributed by atoms with Gasteiger partial charge in [-0.05, 0) is 52.2 Å². The molecule has 0 unspecified atom stereocenters. The Labute approximate surface area is 245 Å². The van der Waals surface area contributed by atoms with Crippen molar-refractivity contribution in [2.24, 2.45) is 17.8 Å². The number of carbonyl (C=O) groups excluding carboxylic acids is 3. The maximum absolute atomic E-state index is 14.3. The molecule has 10 heteroatoms. The van der Waals surface area contributed by atoms with Crippen LogP contribution in [0.1, 0.15) is 17.0 Å². The predicted molar refractivity (Wildman–Crippen MR) is 156 cm³/mol. The lowest BCUT2D eigenvalue weighted by Gasteiger charge is -2.38. The van der Waals surface area contributed by atoms with Crippen LogP contribution in [0.4, 0.5) is 11.4 Å². The van der Waals surface area contributed by atoms with E-state index >= 15 is 0 Å². The average molecular weight is 577 g/mol. The molecule has 4 aromatic rings. The topological polar surface area (TPSA) is 125 Å². The Morgan fingerprint density at radius 1 is 0.837 bits per heavy atom. The van der Waals surface area contributed by atoms with Gasteiger partial charge in [0.15, 0.2) is 0 Å². The van der Waals surface area contributed by atoms with Gasteiger partial charge in [-0.2, -0.15) is 0 Å². The largest absolute Gasteiger partial charge is 0.497 e. The number of amides is 2. The highest BCUT2D eigenvalue weighted by Crippen LogP contribution is 2.56. The average Bonchev–Trinajstić information content (AvgIpc) is 3.29. The number of hydrogen-bond acceptors (Lipinski definition) is 8. The fourth-order valence-electron chi connectivity index (χ4n) is 6.69. The minimum Gasteiger partial charge on any atom is -0.497 e. The fraction of sp³-hybridized carbons (Fsp3) is 0.182. The standard InChI is InChI=1S/C33H24N2O8/c1-41-19-10-7-18(8-11-19)22-16-23-27-21-6-4-3-5-17(21)9-14-26(27)43-33(38)29(23)30-28(22)31(36)34(32(30)37)24-13-12-20(42-2)15-25(24)35(39)40/h3-16,22,28-30H,1-2H3/t22-,28-,29-,30-/m0/s1. The maximum Gasteiger partial charge on any atom is 0.319 e. The van der Waals surface area contributed by atoms with Gasteiger partial charge in [0.25, 0.3) is 5.69 Å². The fourth-order valence-corrected chi connectivity index (χ4v) is 6.69. The number of nitro groups is 1. The quantitative estimate of drug-likeness (QED) is 0.103. The zero-order valence-corrected chi connectivity index (χ0v) is 23.1. The van der Waals surface area contributed by atoms with Crippen LogP contribution in [-0.4, -0.2) is 36.9 Å². The normalized spacial score (nSPS) is 22.3. The van der Waals surface area contributed by atoms with Crippen LogP contribution in [-0.2, 0) is 14.4 Å². The molecule has 0 saturated carbocycles. The van der Waals surface area contributed by atoms with Gasteiger partial charge in [-0.1, -0.05) is 48.5 Å². The summed E-state index contributed by atoms with van der Waals surface area (Å²) in [6, 6.07) is 22.4. The summed E-state index contributed by atoms with van der Waals surface area (Å²) in [5.41, 5.74) is 1.37. The lowest BCUT2D eigenvalue weighted by Crippen LogP contribution is -2.42. The van der Waals surface area contributed by atoms with Crippen molar-refractivity contribution in [3.05, 3.63) is 106 Å². The summed E-state index contributed by atoms with van der Waals surface area (Å²) < 4.78 is 16.3. The molecule has 2 aliphatic heterocycles. The van der Waals surface area contributed by atoms with Gasteiger partial charge in [0.1, 0.15) is 22.9 Å². The Bertz CT molecular complexity index is 1900. The van der Waals surface area contributed by atoms with Crippen LogP contribution in [0.25, 0.3) is 16.3 Å². The molecule has 1 saturated heterocycles. The number of allylic oxidation sites excluding steroid dienone is 1. The SMILES string of the molecule is COc1ccc([C@@H]2C=C3c4c(ccc5ccccc45)OC(=O)[C@@H]3[C@H]3C(=O)N(c4ccc(OC)cc4[N+](=O)[O-])C(=O)[C@H]32)cc1. The van der Waals surface area contributed by atoms with Crippen molar-refractivity contribution in [1.29, 1.82) is 0 Å². The van der Waals surface area contributed by atoms with Gasteiger partial charge in [0.05, 0.1) is 43.0 Å². The number of esters is 1. The molecule has 2 amide bonds. The number of benzene rings is 4. The number of carbonyl (C=O) groups is 3. The summed E-state index contributed by atoms with van der Waals surface area (Å²) in [5, 5.41) is 13.8. The van der Waals surface area contributed by atoms with Gasteiger partial charge in [-0.3, -0.25) is 24.5 Å². The number of imide groups is 1. The number of nitro benzene ring substituents is 1. The van der Waals surface area contributed by atoms with Gasteiger partial charge in [-0.25, -0.2) is 4.90 Å². The van der Waals surface area contributed by atoms with E-state index in [-0.39, 0.29) is 11.4 Å². The van der Waals surface area contributed by atoms with Crippen LogP contribution < -0.4 is 19.1 Å². The highest BCUT2D eigenvalue weighted by atomic mass is 16.6. The molecule has 0 bridgehead atoms. The minimum atomic E-state index is -1.15. The molecule has 43 heavy (non-hydrogen) atoms. The molecule has 4 aromatic carbocycles. The highest BCUT2D eigenvalue weighted by molar-refractivity contribution is 6.25. The van der Waals surface area contributed by atoms with E-state index in [2.05, 4.69) is 0 Å². The summed E-state index contributed by atoms with van der Waals surface area (Å²) in [5.74, 6) is -4.66. The second-order valence-corrected chi connectivity index (χ2v) is 10.7. The number of hydrogen-bond donors (Lipinski definition) is 0. The summed E-state index contributed by atoms with van der Waals surface area (Å²) >= 11 is 0. The number of fused-ring (bicyclic) bond motifs is 7. The van der Waals surface area contributed by atoms with Crippen molar-refractivity contribution in [3.63, 3.8) is 0 Å². The number of methoxy groups -OCH3 is 2. The van der Waals surface area contributed by atoms with Crippen LogP contribution in [0.15, 0.2) is 84.9 Å². The van der Waals surface area contributed by atoms with E-state index < -0.39 is 52.1 Å². The Morgan fingerprint density at radius 3 is 2.26 bits per heavy atom. The Balaban J connectivity index is 1.45. The van der Waals surface area contributed by atoms with Crippen molar-refractivity contribution >= 4 is 45.5 Å². The Hall–Kier alpha value is -5.51. The minimum absolute atomic E-state index is 0.180. The molecule has 1 aliphatic carbocycles. The first-order chi connectivity index (χ1) is 20.8. The molecule has 3 aliphatic rings. The van der Waals surface area contributed by atoms with Gasteiger partial charge < -0.3 is 14.2 Å². The van der Waals surface area contributed by atoms with Crippen molar-refractivity contribution in [3.8, 4) is 17.2 Å². The number of rotatable bonds is 5. The molecule has 0 radical (unpaired) electrons. The van der Waals surface area contributed by atoms with E-state index in [9.17, 15) is 24.5 Å². The van der Waals surface area contributed by atoms with Crippen molar-refractivity contribution in [2.45, 2.75) is 5.92 Å². The summed E-state index contributed by atoms with van der Waals surface area (Å²) in [6.07, 6.45) is 1.89. The molecular weight excluding hydrogens is 552 g/mol. The van der Waals surface area contributed by atoms with E-state index in [0.29, 0.717) is 22.6 Å². The van der Waals surface area contributed by atoms with Crippen LogP contribution in [0, 0.1) is 27.9 Å². The van der Waals surface area contributed by atoms with E-state index in [1.807, 2.05) is 48.5 Å². The third-order valence-electron chi connectivity index (χ3n) is 8.60. The lowest BCUT2D eigenvalue weighted by atomic mass is 9.64. The zero-order valence-electron chi connectivity index (χ0n) is 23.1. The first-order valence-corrected chi connectivity index (χ1v) is 13.6. The van der Waals surface area contributed by atoms with Crippen LogP contribution >= 0.6 is 0 Å². The number of anilines is 1. The van der Waals surface area contributed by atoms with Crippen LogP contribution in [0.5, 0.6) is 17.2 Å². The van der Waals surface area contributed by atoms with E-state index in [0.717, 1.165) is 21.2 Å². The molecule has 0 N–H and O–H groups in total. The van der Waals surface area contributed by atoms with Gasteiger partial charge >= 0.3 is 5.97 Å². The molecule has 2 heterocycles. The van der Waals surface area contributed by atoms with Crippen LogP contribution in [0.2, 0.25) is 0 Å². The third kappa shape index (κ3) is 3.90. The number of nitrogens with zero attached hydrogens (tertiary/aromatic N) is 2. The van der Waals surface area contributed by atoms with E-state index in [4.69, 9.17) is 14.2 Å². The predicted octanol–water partition coefficient (Wildman–Crippen LogP) is 5.29. The Morgan fingerprint density at radius 2 is 1.53 bits per heavy atom. The van der Waals surface area contributed by atoms with E-state index in [1.54, 1.807) is 25.3 Å². The molecule has 1 fully saturated rings. The van der Waals surface area contributed by atoms with Crippen molar-refractivity contribution in [2.75, 3.05) is 19.1 Å². The first kappa shape index (κ1) is 26.4. The summed E-state index contributed by atoms with van der Waals surface area (Å²) in [7, 11) is 2.91. The molecule has 4 atom stereocenters. The van der Waals surface area contributed by atoms with Gasteiger partial charge in [0, 0.05) is 11.5 Å². The van der Waals surface area contributed by atoms with E-state index in [1.165, 1.54) is 25.3 Å². The van der Waals surface area contributed by atoms with Gasteiger partial charge in [-0.15, -0.1) is 0 Å². The van der Waals surface area contributed by atoms with Crippen molar-refractivity contribution in [1.82, 2.24) is 0 Å². The summed E-state index contributed by atoms with van der Waals surface area (Å²) in [6.45, 7) is 0. The molecule has 0 aromatic heterocycles. The second-order valence-electron chi connectivity index (χ2n) is 10.7.